The Bertz CT molecular complexity index is 641. The Labute approximate surface area is 144 Å². The van der Waals surface area contributed by atoms with Crippen LogP contribution in [0.4, 0.5) is 0 Å². The van der Waals surface area contributed by atoms with E-state index in [2.05, 4.69) is 17.4 Å². The number of ether oxygens (including phenoxy) is 2. The zero-order valence-electron chi connectivity index (χ0n) is 14.9. The topological polar surface area (TPSA) is 50.7 Å². The third kappa shape index (κ3) is 4.49. The van der Waals surface area contributed by atoms with Crippen LogP contribution in [0.5, 0.6) is 11.5 Å². The van der Waals surface area contributed by atoms with Crippen LogP contribution in [0, 0.1) is 5.92 Å². The molecule has 0 saturated heterocycles. The van der Waals surface area contributed by atoms with E-state index in [1.165, 1.54) is 0 Å². The van der Waals surface area contributed by atoms with Crippen LogP contribution in [0.15, 0.2) is 42.5 Å². The predicted octanol–water partition coefficient (Wildman–Crippen LogP) is 3.48. The molecule has 2 rings (SSSR count). The molecule has 0 heterocycles. The monoisotopic (exact) mass is 329 g/mol. The highest BCUT2D eigenvalue weighted by atomic mass is 16.5. The Morgan fingerprint density at radius 1 is 1.00 bits per heavy atom. The Balaban J connectivity index is 2.30. The van der Waals surface area contributed by atoms with Crippen molar-refractivity contribution < 1.29 is 14.6 Å². The van der Waals surface area contributed by atoms with Gasteiger partial charge in [-0.05, 0) is 34.7 Å². The van der Waals surface area contributed by atoms with E-state index >= 15 is 0 Å². The highest BCUT2D eigenvalue weighted by Crippen LogP contribution is 2.35. The van der Waals surface area contributed by atoms with Crippen LogP contribution < -0.4 is 14.8 Å². The molecular weight excluding hydrogens is 302 g/mol. The summed E-state index contributed by atoms with van der Waals surface area (Å²) in [6.45, 7) is 5.23. The summed E-state index contributed by atoms with van der Waals surface area (Å²) >= 11 is 0. The molecule has 0 saturated carbocycles. The Morgan fingerprint density at radius 3 is 2.21 bits per heavy atom. The molecule has 2 aromatic rings. The van der Waals surface area contributed by atoms with E-state index in [4.69, 9.17) is 9.47 Å². The molecule has 2 N–H and O–H groups in total. The molecule has 2 aromatic carbocycles. The van der Waals surface area contributed by atoms with E-state index in [0.717, 1.165) is 16.7 Å². The smallest absolute Gasteiger partial charge is 0.161 e. The van der Waals surface area contributed by atoms with E-state index in [9.17, 15) is 5.11 Å². The largest absolute Gasteiger partial charge is 0.493 e. The maximum atomic E-state index is 9.97. The van der Waals surface area contributed by atoms with Gasteiger partial charge in [-0.3, -0.25) is 0 Å². The lowest BCUT2D eigenvalue weighted by Gasteiger charge is -2.18. The summed E-state index contributed by atoms with van der Waals surface area (Å²) in [6.07, 6.45) is -0.356. The molecule has 0 aromatic heterocycles. The first-order chi connectivity index (χ1) is 11.6. The van der Waals surface area contributed by atoms with E-state index < -0.39 is 0 Å². The zero-order chi connectivity index (χ0) is 17.5. The first-order valence-electron chi connectivity index (χ1n) is 8.26. The van der Waals surface area contributed by atoms with Gasteiger partial charge in [0, 0.05) is 13.1 Å². The number of benzene rings is 2. The van der Waals surface area contributed by atoms with Crippen molar-refractivity contribution in [3.05, 3.63) is 48.0 Å². The normalized spacial score (nSPS) is 12.2. The van der Waals surface area contributed by atoms with Gasteiger partial charge in [0.2, 0.25) is 0 Å². The fourth-order valence-corrected chi connectivity index (χ4v) is 2.54. The van der Waals surface area contributed by atoms with Crippen LogP contribution in [0.1, 0.15) is 19.4 Å². The quantitative estimate of drug-likeness (QED) is 0.778. The average Bonchev–Trinajstić information content (AvgIpc) is 2.61. The molecule has 0 aliphatic rings. The SMILES string of the molecule is COc1cc(CNCC(O)C(C)C)c(-c2ccccc2)cc1OC. The molecule has 24 heavy (non-hydrogen) atoms. The van der Waals surface area contributed by atoms with Crippen LogP contribution in [0.25, 0.3) is 11.1 Å². The summed E-state index contributed by atoms with van der Waals surface area (Å²) in [6, 6.07) is 14.2. The number of rotatable bonds is 8. The minimum atomic E-state index is -0.356. The lowest BCUT2D eigenvalue weighted by molar-refractivity contribution is 0.123. The molecule has 1 atom stereocenters. The number of nitrogens with one attached hydrogen (secondary N) is 1. The summed E-state index contributed by atoms with van der Waals surface area (Å²) < 4.78 is 10.9. The van der Waals surface area contributed by atoms with Gasteiger partial charge in [0.1, 0.15) is 0 Å². The molecule has 4 heteroatoms. The van der Waals surface area contributed by atoms with Gasteiger partial charge in [-0.15, -0.1) is 0 Å². The van der Waals surface area contributed by atoms with E-state index in [1.807, 2.05) is 44.2 Å². The standard InChI is InChI=1S/C20H27NO3/c1-14(2)18(22)13-21-12-16-10-19(23-3)20(24-4)11-17(16)15-8-6-5-7-9-15/h5-11,14,18,21-22H,12-13H2,1-4H3. The highest BCUT2D eigenvalue weighted by Gasteiger charge is 2.14. The molecule has 0 aliphatic heterocycles. The summed E-state index contributed by atoms with van der Waals surface area (Å²) in [7, 11) is 3.28. The maximum absolute atomic E-state index is 9.97. The highest BCUT2D eigenvalue weighted by molar-refractivity contribution is 5.71. The fraction of sp³-hybridized carbons (Fsp3) is 0.400. The number of hydrogen-bond acceptors (Lipinski definition) is 4. The molecule has 0 amide bonds. The van der Waals surface area contributed by atoms with Gasteiger partial charge in [0.05, 0.1) is 20.3 Å². The van der Waals surface area contributed by atoms with E-state index in [0.29, 0.717) is 24.6 Å². The Morgan fingerprint density at radius 2 is 1.62 bits per heavy atom. The molecular formula is C20H27NO3. The second kappa shape index (κ2) is 8.71. The maximum Gasteiger partial charge on any atom is 0.161 e. The van der Waals surface area contributed by atoms with Gasteiger partial charge in [0.25, 0.3) is 0 Å². The Hall–Kier alpha value is -2.04. The van der Waals surface area contributed by atoms with Gasteiger partial charge in [-0.2, -0.15) is 0 Å². The lowest BCUT2D eigenvalue weighted by atomic mass is 9.98. The first-order valence-corrected chi connectivity index (χ1v) is 8.26. The number of aliphatic hydroxyl groups is 1. The van der Waals surface area contributed by atoms with Crippen LogP contribution in [0.3, 0.4) is 0 Å². The number of aliphatic hydroxyl groups excluding tert-OH is 1. The van der Waals surface area contributed by atoms with E-state index in [1.54, 1.807) is 14.2 Å². The zero-order valence-corrected chi connectivity index (χ0v) is 14.9. The van der Waals surface area contributed by atoms with Crippen molar-refractivity contribution in [1.29, 1.82) is 0 Å². The summed E-state index contributed by atoms with van der Waals surface area (Å²) in [4.78, 5) is 0. The first kappa shape index (κ1) is 18.3. The molecule has 0 bridgehead atoms. The molecule has 0 radical (unpaired) electrons. The van der Waals surface area contributed by atoms with Crippen LogP contribution in [0.2, 0.25) is 0 Å². The average molecular weight is 329 g/mol. The number of hydrogen-bond donors (Lipinski definition) is 2. The van der Waals surface area contributed by atoms with Gasteiger partial charge in [-0.25, -0.2) is 0 Å². The van der Waals surface area contributed by atoms with Crippen molar-refractivity contribution in [2.45, 2.75) is 26.5 Å². The molecule has 4 nitrogen and oxygen atoms in total. The minimum absolute atomic E-state index is 0.233. The summed E-state index contributed by atoms with van der Waals surface area (Å²) in [5.41, 5.74) is 3.33. The van der Waals surface area contributed by atoms with Crippen molar-refractivity contribution >= 4 is 0 Å². The minimum Gasteiger partial charge on any atom is -0.493 e. The second-order valence-electron chi connectivity index (χ2n) is 6.17. The summed E-state index contributed by atoms with van der Waals surface area (Å²) in [5, 5.41) is 13.3. The number of methoxy groups -OCH3 is 2. The second-order valence-corrected chi connectivity index (χ2v) is 6.17. The molecule has 130 valence electrons. The molecule has 1 unspecified atom stereocenters. The van der Waals surface area contributed by atoms with Crippen LogP contribution in [-0.4, -0.2) is 32.0 Å². The third-order valence-electron chi connectivity index (χ3n) is 4.13. The van der Waals surface area contributed by atoms with Gasteiger partial charge in [-0.1, -0.05) is 44.2 Å². The Kier molecular flexibility index (Phi) is 6.64. The van der Waals surface area contributed by atoms with Crippen molar-refractivity contribution in [1.82, 2.24) is 5.32 Å². The molecule has 0 aliphatic carbocycles. The van der Waals surface area contributed by atoms with E-state index in [-0.39, 0.29) is 12.0 Å². The van der Waals surface area contributed by atoms with Crippen LogP contribution in [-0.2, 0) is 6.54 Å². The fourth-order valence-electron chi connectivity index (χ4n) is 2.54. The van der Waals surface area contributed by atoms with Gasteiger partial charge in [0.15, 0.2) is 11.5 Å². The molecule has 0 fully saturated rings. The van der Waals surface area contributed by atoms with Gasteiger partial charge < -0.3 is 19.9 Å². The third-order valence-corrected chi connectivity index (χ3v) is 4.13. The van der Waals surface area contributed by atoms with Crippen molar-refractivity contribution in [3.63, 3.8) is 0 Å². The van der Waals surface area contributed by atoms with Crippen molar-refractivity contribution in [2.24, 2.45) is 5.92 Å². The van der Waals surface area contributed by atoms with Crippen molar-refractivity contribution in [2.75, 3.05) is 20.8 Å². The molecule has 0 spiro atoms. The lowest BCUT2D eigenvalue weighted by Crippen LogP contribution is -2.30. The predicted molar refractivity (Wildman–Crippen MR) is 97.5 cm³/mol. The van der Waals surface area contributed by atoms with Crippen molar-refractivity contribution in [3.8, 4) is 22.6 Å². The van der Waals surface area contributed by atoms with Crippen LogP contribution >= 0.6 is 0 Å². The van der Waals surface area contributed by atoms with Gasteiger partial charge >= 0.3 is 0 Å². The summed E-state index contributed by atoms with van der Waals surface area (Å²) in [5.74, 6) is 1.65.